The Labute approximate surface area is 167 Å². The molecule has 0 saturated carbocycles. The number of rotatable bonds is 7. The lowest BCUT2D eigenvalue weighted by Crippen LogP contribution is -3.10. The molecule has 8 nitrogen and oxygen atoms in total. The van der Waals surface area contributed by atoms with Gasteiger partial charge < -0.3 is 24.4 Å². The van der Waals surface area contributed by atoms with Crippen LogP contribution >= 0.6 is 0 Å². The van der Waals surface area contributed by atoms with E-state index in [4.69, 9.17) is 9.26 Å². The average molecular weight is 396 g/mol. The first kappa shape index (κ1) is 22.2. The van der Waals surface area contributed by atoms with Crippen molar-refractivity contribution in [2.75, 3.05) is 32.7 Å². The Kier molecular flexibility index (Phi) is 7.46. The first-order chi connectivity index (χ1) is 13.1. The van der Waals surface area contributed by atoms with Crippen LogP contribution in [-0.4, -0.2) is 66.4 Å². The van der Waals surface area contributed by atoms with Gasteiger partial charge >= 0.3 is 6.09 Å². The zero-order valence-corrected chi connectivity index (χ0v) is 18.1. The second kappa shape index (κ2) is 9.41. The topological polar surface area (TPSA) is 89.1 Å². The van der Waals surface area contributed by atoms with Crippen molar-refractivity contribution in [3.8, 4) is 0 Å². The van der Waals surface area contributed by atoms with Crippen LogP contribution in [0.15, 0.2) is 4.52 Å². The Hall–Kier alpha value is -2.09. The molecule has 1 saturated heterocycles. The summed E-state index contributed by atoms with van der Waals surface area (Å²) in [6, 6.07) is -0.243. The number of ether oxygens (including phenoxy) is 1. The Bertz CT molecular complexity index is 655. The molecule has 0 bridgehead atoms. The molecular formula is C20H35N4O4+. The Morgan fingerprint density at radius 2 is 1.93 bits per heavy atom. The molecule has 2 amide bonds. The summed E-state index contributed by atoms with van der Waals surface area (Å²) in [6.45, 7) is 15.1. The van der Waals surface area contributed by atoms with Crippen LogP contribution in [0.25, 0.3) is 0 Å². The molecule has 8 heteroatoms. The van der Waals surface area contributed by atoms with E-state index in [9.17, 15) is 9.59 Å². The predicted molar refractivity (Wildman–Crippen MR) is 106 cm³/mol. The van der Waals surface area contributed by atoms with Crippen LogP contribution in [-0.2, 0) is 4.74 Å². The Morgan fingerprint density at radius 1 is 1.29 bits per heavy atom. The molecule has 1 fully saturated rings. The number of nitrogens with zero attached hydrogens (tertiary/aromatic N) is 2. The number of alkyl carbamates (subject to hydrolysis) is 1. The van der Waals surface area contributed by atoms with E-state index in [2.05, 4.69) is 10.5 Å². The van der Waals surface area contributed by atoms with E-state index in [-0.39, 0.29) is 11.9 Å². The molecule has 1 aromatic heterocycles. The first-order valence-electron chi connectivity index (χ1n) is 10.1. The van der Waals surface area contributed by atoms with Gasteiger partial charge in [-0.1, -0.05) is 5.16 Å². The van der Waals surface area contributed by atoms with E-state index in [1.165, 1.54) is 17.7 Å². The number of hydrogen-bond acceptors (Lipinski definition) is 5. The van der Waals surface area contributed by atoms with Crippen LogP contribution in [0.3, 0.4) is 0 Å². The minimum Gasteiger partial charge on any atom is -0.444 e. The maximum atomic E-state index is 13.2. The highest BCUT2D eigenvalue weighted by Gasteiger charge is 2.27. The fourth-order valence-corrected chi connectivity index (χ4v) is 3.53. The molecular weight excluding hydrogens is 360 g/mol. The number of hydrogen-bond donors (Lipinski definition) is 2. The quantitative estimate of drug-likeness (QED) is 0.727. The minimum absolute atomic E-state index is 0.104. The maximum absolute atomic E-state index is 13.2. The molecule has 0 aliphatic carbocycles. The fraction of sp³-hybridized carbons (Fsp3) is 0.750. The van der Waals surface area contributed by atoms with Crippen LogP contribution in [0.1, 0.15) is 62.3 Å². The van der Waals surface area contributed by atoms with Gasteiger partial charge in [0.25, 0.3) is 5.91 Å². The second-order valence-electron chi connectivity index (χ2n) is 8.70. The lowest BCUT2D eigenvalue weighted by Gasteiger charge is -2.28. The summed E-state index contributed by atoms with van der Waals surface area (Å²) in [5.41, 5.74) is 0.546. The summed E-state index contributed by atoms with van der Waals surface area (Å²) in [4.78, 5) is 28.5. The third-order valence-corrected chi connectivity index (χ3v) is 4.84. The van der Waals surface area contributed by atoms with E-state index < -0.39 is 11.7 Å². The van der Waals surface area contributed by atoms with Crippen LogP contribution in [0, 0.1) is 13.8 Å². The fourth-order valence-electron chi connectivity index (χ4n) is 3.53. The molecule has 2 rings (SSSR count). The monoisotopic (exact) mass is 395 g/mol. The third kappa shape index (κ3) is 6.51. The molecule has 2 heterocycles. The lowest BCUT2D eigenvalue weighted by molar-refractivity contribution is -0.886. The third-order valence-electron chi connectivity index (χ3n) is 4.84. The van der Waals surface area contributed by atoms with Crippen molar-refractivity contribution in [3.63, 3.8) is 0 Å². The lowest BCUT2D eigenvalue weighted by atomic mass is 10.1. The smallest absolute Gasteiger partial charge is 0.407 e. The van der Waals surface area contributed by atoms with E-state index in [0.29, 0.717) is 30.1 Å². The second-order valence-corrected chi connectivity index (χ2v) is 8.70. The van der Waals surface area contributed by atoms with Crippen molar-refractivity contribution in [1.82, 2.24) is 15.4 Å². The number of carbonyl (C=O) groups excluding carboxylic acids is 2. The highest BCUT2D eigenvalue weighted by atomic mass is 16.6. The first-order valence-corrected chi connectivity index (χ1v) is 10.1. The summed E-state index contributed by atoms with van der Waals surface area (Å²) < 4.78 is 10.5. The van der Waals surface area contributed by atoms with Crippen LogP contribution in [0.2, 0.25) is 0 Å². The number of aromatic nitrogens is 1. The van der Waals surface area contributed by atoms with Crippen LogP contribution in [0.5, 0.6) is 0 Å². The summed E-state index contributed by atoms with van der Waals surface area (Å²) in [5.74, 6) is 0.418. The number of quaternary nitrogens is 1. The highest BCUT2D eigenvalue weighted by Crippen LogP contribution is 2.15. The molecule has 1 aliphatic heterocycles. The Morgan fingerprint density at radius 3 is 2.46 bits per heavy atom. The summed E-state index contributed by atoms with van der Waals surface area (Å²) >= 11 is 0. The van der Waals surface area contributed by atoms with E-state index >= 15 is 0 Å². The van der Waals surface area contributed by atoms with Gasteiger partial charge in [-0.2, -0.15) is 0 Å². The van der Waals surface area contributed by atoms with Crippen molar-refractivity contribution in [1.29, 1.82) is 0 Å². The number of likely N-dealkylation sites (tertiary alicyclic amines) is 1. The molecule has 1 aromatic rings. The van der Waals surface area contributed by atoms with E-state index in [1.54, 1.807) is 18.7 Å². The summed E-state index contributed by atoms with van der Waals surface area (Å²) in [7, 11) is 0. The molecule has 0 spiro atoms. The van der Waals surface area contributed by atoms with Crippen molar-refractivity contribution < 1.29 is 23.7 Å². The zero-order valence-electron chi connectivity index (χ0n) is 18.1. The number of amides is 2. The molecule has 2 N–H and O–H groups in total. The van der Waals surface area contributed by atoms with E-state index in [1.807, 2.05) is 27.7 Å². The molecule has 158 valence electrons. The van der Waals surface area contributed by atoms with Crippen molar-refractivity contribution in [2.24, 2.45) is 0 Å². The molecule has 1 aliphatic rings. The summed E-state index contributed by atoms with van der Waals surface area (Å²) in [5, 5.41) is 6.73. The van der Waals surface area contributed by atoms with Gasteiger partial charge in [0.15, 0.2) is 0 Å². The molecule has 0 aromatic carbocycles. The number of nitrogens with one attached hydrogen (secondary N) is 2. The minimum atomic E-state index is -0.560. The average Bonchev–Trinajstić information content (AvgIpc) is 3.18. The zero-order chi connectivity index (χ0) is 20.9. The normalized spacial score (nSPS) is 16.1. The molecule has 28 heavy (non-hydrogen) atoms. The molecule has 0 unspecified atom stereocenters. The van der Waals surface area contributed by atoms with Gasteiger partial charge in [-0.25, -0.2) is 4.79 Å². The van der Waals surface area contributed by atoms with Gasteiger partial charge in [-0.05, 0) is 41.5 Å². The standard InChI is InChI=1S/C20H34N4O4/c1-14(21-19(26)27-20(4,5)6)13-24(12-11-23-9-7-8-10-23)18(25)17-15(2)22-28-16(17)3/h14H,7-13H2,1-6H3,(H,21,26)/p+1/t14-/m1/s1. The van der Waals surface area contributed by atoms with Gasteiger partial charge in [-0.3, -0.25) is 4.79 Å². The van der Waals surface area contributed by atoms with Gasteiger partial charge in [0, 0.05) is 25.4 Å². The molecule has 0 radical (unpaired) electrons. The van der Waals surface area contributed by atoms with Crippen LogP contribution < -0.4 is 10.2 Å². The SMILES string of the molecule is Cc1noc(C)c1C(=O)N(CC[NH+]1CCCC1)C[C@@H](C)NC(=O)OC(C)(C)C. The van der Waals surface area contributed by atoms with E-state index in [0.717, 1.165) is 19.6 Å². The maximum Gasteiger partial charge on any atom is 0.407 e. The number of carbonyl (C=O) groups is 2. The highest BCUT2D eigenvalue weighted by molar-refractivity contribution is 5.96. The predicted octanol–water partition coefficient (Wildman–Crippen LogP) is 1.33. The van der Waals surface area contributed by atoms with Gasteiger partial charge in [0.05, 0.1) is 31.9 Å². The van der Waals surface area contributed by atoms with Gasteiger partial charge in [0.2, 0.25) is 0 Å². The number of aryl methyl sites for hydroxylation is 2. The Balaban J connectivity index is 2.04. The summed E-state index contributed by atoms with van der Waals surface area (Å²) in [6.07, 6.45) is 2.00. The van der Waals surface area contributed by atoms with Gasteiger partial charge in [0.1, 0.15) is 16.9 Å². The largest absolute Gasteiger partial charge is 0.444 e. The van der Waals surface area contributed by atoms with Crippen molar-refractivity contribution in [2.45, 2.75) is 66.0 Å². The van der Waals surface area contributed by atoms with Crippen molar-refractivity contribution >= 4 is 12.0 Å². The van der Waals surface area contributed by atoms with Crippen LogP contribution in [0.4, 0.5) is 4.79 Å². The molecule has 1 atom stereocenters. The van der Waals surface area contributed by atoms with Gasteiger partial charge in [-0.15, -0.1) is 0 Å². The van der Waals surface area contributed by atoms with Crippen molar-refractivity contribution in [3.05, 3.63) is 17.0 Å².